The molecule has 0 radical (unpaired) electrons. The molecule has 0 bridgehead atoms. The van der Waals surface area contributed by atoms with Crippen molar-refractivity contribution in [2.24, 2.45) is 0 Å². The molecule has 0 saturated carbocycles. The van der Waals surface area contributed by atoms with E-state index in [2.05, 4.69) is 24.1 Å². The number of hydrogen-bond donors (Lipinski definition) is 1. The van der Waals surface area contributed by atoms with Crippen LogP contribution < -0.4 is 5.32 Å². The average Bonchev–Trinajstić information content (AvgIpc) is 2.87. The second-order valence-corrected chi connectivity index (χ2v) is 5.39. The molecule has 1 aliphatic rings. The van der Waals surface area contributed by atoms with Crippen LogP contribution in [0.5, 0.6) is 0 Å². The van der Waals surface area contributed by atoms with E-state index >= 15 is 0 Å². The number of ether oxygens (including phenoxy) is 1. The van der Waals surface area contributed by atoms with Gasteiger partial charge in [-0.25, -0.2) is 0 Å². The summed E-state index contributed by atoms with van der Waals surface area (Å²) in [6.45, 7) is 9.57. The van der Waals surface area contributed by atoms with Crippen molar-refractivity contribution in [1.29, 1.82) is 5.26 Å². The number of rotatable bonds is 5. The molecule has 1 aromatic heterocycles. The van der Waals surface area contributed by atoms with Gasteiger partial charge in [-0.15, -0.1) is 0 Å². The standard InChI is InChI=1S/C14H21N3O2/c1-14(2,17-5-7-18-8-6-17)11-16-10-13-4-3-12(9-15)19-13/h3-4,16H,5-8,10-11H2,1-2H3. The largest absolute Gasteiger partial charge is 0.449 e. The van der Waals surface area contributed by atoms with E-state index in [0.717, 1.165) is 38.6 Å². The molecule has 1 saturated heterocycles. The van der Waals surface area contributed by atoms with Gasteiger partial charge in [0, 0.05) is 25.2 Å². The van der Waals surface area contributed by atoms with Gasteiger partial charge in [0.2, 0.25) is 5.76 Å². The molecule has 104 valence electrons. The first kappa shape index (κ1) is 14.1. The van der Waals surface area contributed by atoms with E-state index in [1.165, 1.54) is 0 Å². The summed E-state index contributed by atoms with van der Waals surface area (Å²) in [7, 11) is 0. The molecule has 5 nitrogen and oxygen atoms in total. The predicted octanol–water partition coefficient (Wildman–Crippen LogP) is 1.35. The Labute approximate surface area is 114 Å². The zero-order chi connectivity index (χ0) is 13.7. The van der Waals surface area contributed by atoms with Crippen molar-refractivity contribution >= 4 is 0 Å². The minimum absolute atomic E-state index is 0.0917. The maximum absolute atomic E-state index is 8.69. The molecule has 19 heavy (non-hydrogen) atoms. The Hall–Kier alpha value is -1.35. The van der Waals surface area contributed by atoms with Crippen LogP contribution in [0.2, 0.25) is 0 Å². The molecular formula is C14H21N3O2. The molecule has 0 spiro atoms. The lowest BCUT2D eigenvalue weighted by molar-refractivity contribution is -0.00977. The lowest BCUT2D eigenvalue weighted by Crippen LogP contribution is -2.54. The fourth-order valence-electron chi connectivity index (χ4n) is 2.31. The number of morpholine rings is 1. The first-order chi connectivity index (χ1) is 9.12. The minimum atomic E-state index is 0.0917. The maximum atomic E-state index is 8.69. The van der Waals surface area contributed by atoms with Gasteiger partial charge < -0.3 is 14.5 Å². The van der Waals surface area contributed by atoms with Gasteiger partial charge in [-0.1, -0.05) is 0 Å². The molecule has 0 aliphatic carbocycles. The van der Waals surface area contributed by atoms with Crippen LogP contribution in [0.25, 0.3) is 0 Å². The highest BCUT2D eigenvalue weighted by Gasteiger charge is 2.27. The molecule has 0 atom stereocenters. The summed E-state index contributed by atoms with van der Waals surface area (Å²) < 4.78 is 10.7. The molecule has 0 aromatic carbocycles. The summed E-state index contributed by atoms with van der Waals surface area (Å²) in [5, 5.41) is 12.1. The van der Waals surface area contributed by atoms with E-state index in [4.69, 9.17) is 14.4 Å². The molecule has 5 heteroatoms. The third-order valence-electron chi connectivity index (χ3n) is 3.50. The van der Waals surface area contributed by atoms with Crippen molar-refractivity contribution in [3.8, 4) is 6.07 Å². The summed E-state index contributed by atoms with van der Waals surface area (Å²) in [6, 6.07) is 5.53. The smallest absolute Gasteiger partial charge is 0.203 e. The highest BCUT2D eigenvalue weighted by Crippen LogP contribution is 2.15. The van der Waals surface area contributed by atoms with Crippen LogP contribution in [0.15, 0.2) is 16.5 Å². The Morgan fingerprint density at radius 2 is 2.11 bits per heavy atom. The van der Waals surface area contributed by atoms with Crippen LogP contribution in [-0.4, -0.2) is 43.3 Å². The van der Waals surface area contributed by atoms with Crippen molar-refractivity contribution in [3.63, 3.8) is 0 Å². The maximum Gasteiger partial charge on any atom is 0.203 e. The zero-order valence-electron chi connectivity index (χ0n) is 11.6. The first-order valence-electron chi connectivity index (χ1n) is 6.64. The van der Waals surface area contributed by atoms with Crippen LogP contribution in [0.3, 0.4) is 0 Å². The van der Waals surface area contributed by atoms with E-state index in [0.29, 0.717) is 12.3 Å². The number of nitriles is 1. The van der Waals surface area contributed by atoms with Gasteiger partial charge in [0.15, 0.2) is 0 Å². The lowest BCUT2D eigenvalue weighted by Gasteiger charge is -2.41. The van der Waals surface area contributed by atoms with Gasteiger partial charge in [0.05, 0.1) is 19.8 Å². The highest BCUT2D eigenvalue weighted by atomic mass is 16.5. The zero-order valence-corrected chi connectivity index (χ0v) is 11.6. The van der Waals surface area contributed by atoms with Crippen molar-refractivity contribution < 1.29 is 9.15 Å². The molecule has 1 aliphatic heterocycles. The van der Waals surface area contributed by atoms with Gasteiger partial charge in [-0.2, -0.15) is 5.26 Å². The predicted molar refractivity (Wildman–Crippen MR) is 71.6 cm³/mol. The monoisotopic (exact) mass is 263 g/mol. The fourth-order valence-corrected chi connectivity index (χ4v) is 2.31. The summed E-state index contributed by atoms with van der Waals surface area (Å²) in [4.78, 5) is 2.44. The van der Waals surface area contributed by atoms with Crippen LogP contribution in [0.1, 0.15) is 25.4 Å². The van der Waals surface area contributed by atoms with E-state index < -0.39 is 0 Å². The second kappa shape index (κ2) is 6.20. The summed E-state index contributed by atoms with van der Waals surface area (Å²) in [5.74, 6) is 1.17. The number of hydrogen-bond acceptors (Lipinski definition) is 5. The molecular weight excluding hydrogens is 242 g/mol. The number of nitrogens with zero attached hydrogens (tertiary/aromatic N) is 2. The number of furan rings is 1. The third-order valence-corrected chi connectivity index (χ3v) is 3.50. The normalized spacial score (nSPS) is 17.3. The van der Waals surface area contributed by atoms with Crippen molar-refractivity contribution in [3.05, 3.63) is 23.7 Å². The summed E-state index contributed by atoms with van der Waals surface area (Å²) in [6.07, 6.45) is 0. The van der Waals surface area contributed by atoms with Gasteiger partial charge in [-0.05, 0) is 26.0 Å². The Bertz CT molecular complexity index is 442. The fraction of sp³-hybridized carbons (Fsp3) is 0.643. The summed E-state index contributed by atoms with van der Waals surface area (Å²) >= 11 is 0. The lowest BCUT2D eigenvalue weighted by atomic mass is 10.0. The second-order valence-electron chi connectivity index (χ2n) is 5.39. The van der Waals surface area contributed by atoms with E-state index in [1.807, 2.05) is 12.1 Å². The average molecular weight is 263 g/mol. The Morgan fingerprint density at radius 3 is 2.74 bits per heavy atom. The van der Waals surface area contributed by atoms with E-state index in [-0.39, 0.29) is 5.54 Å². The molecule has 1 fully saturated rings. The SMILES string of the molecule is CC(C)(CNCc1ccc(C#N)o1)N1CCOCC1. The Balaban J connectivity index is 1.79. The highest BCUT2D eigenvalue weighted by molar-refractivity contribution is 5.18. The van der Waals surface area contributed by atoms with Gasteiger partial charge in [0.1, 0.15) is 11.8 Å². The van der Waals surface area contributed by atoms with Crippen LogP contribution in [0.4, 0.5) is 0 Å². The molecule has 1 N–H and O–H groups in total. The van der Waals surface area contributed by atoms with Gasteiger partial charge in [-0.3, -0.25) is 4.90 Å². The van der Waals surface area contributed by atoms with Crippen molar-refractivity contribution in [2.45, 2.75) is 25.9 Å². The molecule has 0 unspecified atom stereocenters. The van der Waals surface area contributed by atoms with Crippen LogP contribution in [-0.2, 0) is 11.3 Å². The van der Waals surface area contributed by atoms with E-state index in [9.17, 15) is 0 Å². The molecule has 0 amide bonds. The number of nitrogens with one attached hydrogen (secondary N) is 1. The Morgan fingerprint density at radius 1 is 1.37 bits per heavy atom. The quantitative estimate of drug-likeness (QED) is 0.869. The first-order valence-corrected chi connectivity index (χ1v) is 6.64. The third kappa shape index (κ3) is 3.80. The van der Waals surface area contributed by atoms with Crippen molar-refractivity contribution in [2.75, 3.05) is 32.8 Å². The van der Waals surface area contributed by atoms with Gasteiger partial charge >= 0.3 is 0 Å². The Kier molecular flexibility index (Phi) is 4.59. The topological polar surface area (TPSA) is 61.4 Å². The summed E-state index contributed by atoms with van der Waals surface area (Å²) in [5.41, 5.74) is 0.0917. The van der Waals surface area contributed by atoms with Crippen molar-refractivity contribution in [1.82, 2.24) is 10.2 Å². The van der Waals surface area contributed by atoms with E-state index in [1.54, 1.807) is 6.07 Å². The van der Waals surface area contributed by atoms with Crippen LogP contribution in [0, 0.1) is 11.3 Å². The molecule has 1 aromatic rings. The molecule has 2 rings (SSSR count). The van der Waals surface area contributed by atoms with Crippen LogP contribution >= 0.6 is 0 Å². The molecule has 2 heterocycles. The minimum Gasteiger partial charge on any atom is -0.449 e. The van der Waals surface area contributed by atoms with Gasteiger partial charge in [0.25, 0.3) is 0 Å².